The summed E-state index contributed by atoms with van der Waals surface area (Å²) >= 11 is 6.64. The Morgan fingerprint density at radius 3 is 2.83 bits per heavy atom. The van der Waals surface area contributed by atoms with Gasteiger partial charge < -0.3 is 15.0 Å². The average molecular weight is 427 g/mol. The zero-order valence-electron chi connectivity index (χ0n) is 16.9. The second-order valence-corrected chi connectivity index (χ2v) is 7.99. The number of aromatic amines is 1. The van der Waals surface area contributed by atoms with Crippen LogP contribution in [-0.2, 0) is 18.2 Å². The van der Waals surface area contributed by atoms with Crippen molar-refractivity contribution in [1.82, 2.24) is 29.9 Å². The summed E-state index contributed by atoms with van der Waals surface area (Å²) in [5.74, 6) is 2.40. The largest absolute Gasteiger partial charge is 0.378 e. The normalized spacial score (nSPS) is 19.2. The molecule has 0 bridgehead atoms. The van der Waals surface area contributed by atoms with Gasteiger partial charge in [0.05, 0.1) is 24.4 Å². The highest BCUT2D eigenvalue weighted by atomic mass is 35.5. The third-order valence-electron chi connectivity index (χ3n) is 5.54. The van der Waals surface area contributed by atoms with Gasteiger partial charge in [0.2, 0.25) is 5.95 Å². The van der Waals surface area contributed by atoms with Gasteiger partial charge >= 0.3 is 0 Å². The highest BCUT2D eigenvalue weighted by Crippen LogP contribution is 2.36. The third-order valence-corrected chi connectivity index (χ3v) is 5.95. The van der Waals surface area contributed by atoms with E-state index in [1.165, 1.54) is 0 Å². The lowest BCUT2D eigenvalue weighted by Crippen LogP contribution is -2.36. The van der Waals surface area contributed by atoms with E-state index in [9.17, 15) is 0 Å². The van der Waals surface area contributed by atoms with E-state index in [1.54, 1.807) is 10.9 Å². The van der Waals surface area contributed by atoms with Gasteiger partial charge in [0.25, 0.3) is 0 Å². The van der Waals surface area contributed by atoms with Crippen LogP contribution in [0.4, 0.5) is 11.8 Å². The van der Waals surface area contributed by atoms with E-state index in [4.69, 9.17) is 16.3 Å². The molecule has 156 valence electrons. The summed E-state index contributed by atoms with van der Waals surface area (Å²) < 4.78 is 7.13. The number of H-pyrrole nitrogens is 1. The Hall–Kier alpha value is -2.91. The standard InChI is InChI=1S/C20H23ClN8O/c1-12-9-15-14(11-23-26-15)17(21)18(12)24-20-25-19(27-28(20)2)13-3-4-16(22-10-13)29-5-7-30-8-6-29/h3-4,10-12H,5-9H2,1-2H3,(H,23,26)(H,24,25,27). The molecule has 2 N–H and O–H groups in total. The van der Waals surface area contributed by atoms with Crippen LogP contribution in [0.1, 0.15) is 18.2 Å². The molecular weight excluding hydrogens is 404 g/mol. The van der Waals surface area contributed by atoms with Gasteiger partial charge in [-0.2, -0.15) is 10.1 Å². The van der Waals surface area contributed by atoms with Crippen molar-refractivity contribution in [3.63, 3.8) is 0 Å². The van der Waals surface area contributed by atoms with Crippen LogP contribution in [0.25, 0.3) is 16.4 Å². The lowest BCUT2D eigenvalue weighted by atomic mass is 9.92. The van der Waals surface area contributed by atoms with Crippen LogP contribution in [0.3, 0.4) is 0 Å². The third kappa shape index (κ3) is 3.44. The van der Waals surface area contributed by atoms with Crippen LogP contribution in [0.15, 0.2) is 30.2 Å². The molecule has 1 aliphatic carbocycles. The van der Waals surface area contributed by atoms with E-state index in [0.29, 0.717) is 16.8 Å². The minimum absolute atomic E-state index is 0.208. The van der Waals surface area contributed by atoms with Gasteiger partial charge in [0.15, 0.2) is 5.82 Å². The molecule has 0 aromatic carbocycles. The summed E-state index contributed by atoms with van der Waals surface area (Å²) in [6, 6.07) is 4.01. The number of rotatable bonds is 4. The molecule has 9 nitrogen and oxygen atoms in total. The number of pyridine rings is 1. The summed E-state index contributed by atoms with van der Waals surface area (Å²) in [6.07, 6.45) is 4.41. The van der Waals surface area contributed by atoms with Crippen molar-refractivity contribution in [3.05, 3.63) is 41.5 Å². The highest BCUT2D eigenvalue weighted by molar-refractivity contribution is 6.49. The van der Waals surface area contributed by atoms with Gasteiger partial charge in [-0.1, -0.05) is 18.5 Å². The Labute approximate surface area is 179 Å². The predicted molar refractivity (Wildman–Crippen MR) is 115 cm³/mol. The molecule has 1 fully saturated rings. The monoisotopic (exact) mass is 426 g/mol. The molecule has 0 saturated carbocycles. The average Bonchev–Trinajstić information content (AvgIpc) is 3.38. The molecule has 2 aliphatic rings. The van der Waals surface area contributed by atoms with Crippen molar-refractivity contribution in [2.75, 3.05) is 36.5 Å². The molecule has 3 aromatic rings. The van der Waals surface area contributed by atoms with Crippen molar-refractivity contribution in [2.24, 2.45) is 13.0 Å². The van der Waals surface area contributed by atoms with Crippen LogP contribution >= 0.6 is 11.6 Å². The number of hydrogen-bond donors (Lipinski definition) is 2. The van der Waals surface area contributed by atoms with Crippen LogP contribution < -0.4 is 10.2 Å². The van der Waals surface area contributed by atoms with Crippen LogP contribution in [0.5, 0.6) is 0 Å². The van der Waals surface area contributed by atoms with Gasteiger partial charge in [-0.15, -0.1) is 5.10 Å². The first-order valence-electron chi connectivity index (χ1n) is 9.99. The molecule has 30 heavy (non-hydrogen) atoms. The molecule has 0 spiro atoms. The lowest BCUT2D eigenvalue weighted by Gasteiger charge is -2.27. The molecule has 0 amide bonds. The summed E-state index contributed by atoms with van der Waals surface area (Å²) in [7, 11) is 1.86. The van der Waals surface area contributed by atoms with Gasteiger partial charge in [-0.25, -0.2) is 9.67 Å². The number of fused-ring (bicyclic) bond motifs is 1. The minimum atomic E-state index is 0.208. The topological polar surface area (TPSA) is 96.8 Å². The SMILES string of the molecule is CC1Cc2[nH]ncc2C(Cl)=C1Nc1nc(-c2ccc(N3CCOCC3)nc2)nn1C. The summed E-state index contributed by atoms with van der Waals surface area (Å²) in [5, 5.41) is 15.7. The van der Waals surface area contributed by atoms with Crippen molar-refractivity contribution in [1.29, 1.82) is 0 Å². The number of aromatic nitrogens is 6. The van der Waals surface area contributed by atoms with Crippen LogP contribution in [-0.4, -0.2) is 56.2 Å². The van der Waals surface area contributed by atoms with Gasteiger partial charge in [0, 0.05) is 54.8 Å². The Morgan fingerprint density at radius 1 is 1.23 bits per heavy atom. The van der Waals surface area contributed by atoms with Crippen molar-refractivity contribution < 1.29 is 4.74 Å². The van der Waals surface area contributed by atoms with E-state index in [2.05, 4.69) is 42.4 Å². The number of ether oxygens (including phenoxy) is 1. The molecule has 5 rings (SSSR count). The fourth-order valence-electron chi connectivity index (χ4n) is 3.84. The number of morpholine rings is 1. The van der Waals surface area contributed by atoms with Crippen molar-refractivity contribution in [3.8, 4) is 11.4 Å². The number of halogens is 1. The zero-order valence-corrected chi connectivity index (χ0v) is 17.6. The molecule has 1 saturated heterocycles. The zero-order chi connectivity index (χ0) is 20.7. The number of hydrogen-bond acceptors (Lipinski definition) is 7. The Kier molecular flexibility index (Phi) is 4.92. The molecule has 3 aromatic heterocycles. The second kappa shape index (κ2) is 7.73. The summed E-state index contributed by atoms with van der Waals surface area (Å²) in [5.41, 5.74) is 3.78. The van der Waals surface area contributed by atoms with E-state index in [-0.39, 0.29) is 5.92 Å². The van der Waals surface area contributed by atoms with Crippen molar-refractivity contribution in [2.45, 2.75) is 13.3 Å². The molecule has 4 heterocycles. The lowest BCUT2D eigenvalue weighted by molar-refractivity contribution is 0.122. The second-order valence-electron chi connectivity index (χ2n) is 7.61. The first kappa shape index (κ1) is 19.1. The van der Waals surface area contributed by atoms with Gasteiger partial charge in [-0.3, -0.25) is 5.10 Å². The number of allylic oxidation sites excluding steroid dienone is 1. The fraction of sp³-hybridized carbons (Fsp3) is 0.400. The molecule has 10 heteroatoms. The Bertz CT molecular complexity index is 1080. The predicted octanol–water partition coefficient (Wildman–Crippen LogP) is 2.65. The Balaban J connectivity index is 1.38. The first-order chi connectivity index (χ1) is 14.6. The first-order valence-corrected chi connectivity index (χ1v) is 10.4. The van der Waals surface area contributed by atoms with Crippen LogP contribution in [0.2, 0.25) is 0 Å². The highest BCUT2D eigenvalue weighted by Gasteiger charge is 2.26. The van der Waals surface area contributed by atoms with Crippen molar-refractivity contribution >= 4 is 28.4 Å². The Morgan fingerprint density at radius 2 is 2.07 bits per heavy atom. The maximum Gasteiger partial charge on any atom is 0.225 e. The van der Waals surface area contributed by atoms with Crippen LogP contribution in [0, 0.1) is 5.92 Å². The number of anilines is 2. The number of aryl methyl sites for hydroxylation is 1. The molecule has 1 atom stereocenters. The smallest absolute Gasteiger partial charge is 0.225 e. The van der Waals surface area contributed by atoms with E-state index in [0.717, 1.165) is 61.1 Å². The van der Waals surface area contributed by atoms with E-state index in [1.807, 2.05) is 25.4 Å². The quantitative estimate of drug-likeness (QED) is 0.661. The summed E-state index contributed by atoms with van der Waals surface area (Å²) in [6.45, 7) is 5.30. The van der Waals surface area contributed by atoms with Gasteiger partial charge in [0.1, 0.15) is 5.82 Å². The molecule has 1 aliphatic heterocycles. The number of nitrogens with zero attached hydrogens (tertiary/aromatic N) is 6. The van der Waals surface area contributed by atoms with E-state index >= 15 is 0 Å². The van der Waals surface area contributed by atoms with Gasteiger partial charge in [-0.05, 0) is 18.6 Å². The van der Waals surface area contributed by atoms with E-state index < -0.39 is 0 Å². The molecular formula is C20H23ClN8O. The summed E-state index contributed by atoms with van der Waals surface area (Å²) in [4.78, 5) is 11.5. The number of nitrogens with one attached hydrogen (secondary N) is 2. The minimum Gasteiger partial charge on any atom is -0.378 e. The molecule has 0 radical (unpaired) electrons. The fourth-order valence-corrected chi connectivity index (χ4v) is 4.24. The maximum atomic E-state index is 6.64. The maximum absolute atomic E-state index is 6.64. The molecule has 1 unspecified atom stereocenters.